The minimum Gasteiger partial charge on any atom is -0.399 e. The summed E-state index contributed by atoms with van der Waals surface area (Å²) in [6, 6.07) is 0. The van der Waals surface area contributed by atoms with Crippen molar-refractivity contribution in [2.45, 2.75) is 6.92 Å². The predicted octanol–water partition coefficient (Wildman–Crippen LogP) is 2.15. The van der Waals surface area contributed by atoms with Gasteiger partial charge in [0.15, 0.2) is 0 Å². The van der Waals surface area contributed by atoms with Crippen LogP contribution in [0, 0.1) is 0 Å². The Labute approximate surface area is 62.2 Å². The Morgan fingerprint density at radius 3 is 2.60 bits per heavy atom. The monoisotopic (exact) mass is 135 g/mol. The predicted molar refractivity (Wildman–Crippen MR) is 46.4 cm³/mol. The van der Waals surface area contributed by atoms with Gasteiger partial charge in [-0.1, -0.05) is 30.9 Å². The largest absolute Gasteiger partial charge is 0.399 e. The number of rotatable bonds is 3. The van der Waals surface area contributed by atoms with Crippen LogP contribution in [-0.2, 0) is 0 Å². The summed E-state index contributed by atoms with van der Waals surface area (Å²) in [6.07, 6.45) is 10.9. The van der Waals surface area contributed by atoms with Gasteiger partial charge in [-0.3, -0.25) is 0 Å². The van der Waals surface area contributed by atoms with Crippen molar-refractivity contribution < 1.29 is 0 Å². The summed E-state index contributed by atoms with van der Waals surface area (Å²) >= 11 is 0. The second-order valence-corrected chi connectivity index (χ2v) is 1.79. The SMILES string of the molecule is C=CC=CC(N)=CC=CC. The summed E-state index contributed by atoms with van der Waals surface area (Å²) in [5.41, 5.74) is 6.26. The van der Waals surface area contributed by atoms with E-state index in [9.17, 15) is 0 Å². The zero-order chi connectivity index (χ0) is 7.82. The molecule has 1 heteroatoms. The fraction of sp³-hybridized carbons (Fsp3) is 0.111. The molecule has 0 spiro atoms. The van der Waals surface area contributed by atoms with Gasteiger partial charge in [0.2, 0.25) is 0 Å². The molecular weight excluding hydrogens is 122 g/mol. The molecule has 0 bridgehead atoms. The highest BCUT2D eigenvalue weighted by molar-refractivity contribution is 5.22. The van der Waals surface area contributed by atoms with Gasteiger partial charge in [-0.2, -0.15) is 0 Å². The maximum Gasteiger partial charge on any atom is 0.0313 e. The molecule has 0 amide bonds. The van der Waals surface area contributed by atoms with E-state index in [2.05, 4.69) is 6.58 Å². The van der Waals surface area contributed by atoms with E-state index < -0.39 is 0 Å². The Morgan fingerprint density at radius 2 is 2.10 bits per heavy atom. The van der Waals surface area contributed by atoms with Crippen molar-refractivity contribution in [2.75, 3.05) is 0 Å². The minimum absolute atomic E-state index is 0.734. The van der Waals surface area contributed by atoms with Crippen LogP contribution in [-0.4, -0.2) is 0 Å². The Morgan fingerprint density at radius 1 is 1.40 bits per heavy atom. The Kier molecular flexibility index (Phi) is 5.16. The Balaban J connectivity index is 3.93. The van der Waals surface area contributed by atoms with Crippen LogP contribution in [0.25, 0.3) is 0 Å². The first-order valence-electron chi connectivity index (χ1n) is 3.18. The Hall–Kier alpha value is -1.24. The quantitative estimate of drug-likeness (QED) is 0.589. The lowest BCUT2D eigenvalue weighted by atomic mass is 10.3. The van der Waals surface area contributed by atoms with Gasteiger partial charge in [0, 0.05) is 5.70 Å². The van der Waals surface area contributed by atoms with Crippen LogP contribution >= 0.6 is 0 Å². The summed E-state index contributed by atoms with van der Waals surface area (Å²) in [4.78, 5) is 0. The first kappa shape index (κ1) is 8.76. The molecule has 0 aliphatic heterocycles. The first-order chi connectivity index (χ1) is 4.81. The van der Waals surface area contributed by atoms with E-state index in [0.29, 0.717) is 0 Å². The third-order valence-corrected chi connectivity index (χ3v) is 0.906. The molecular formula is C9H13N. The van der Waals surface area contributed by atoms with E-state index in [1.165, 1.54) is 0 Å². The summed E-state index contributed by atoms with van der Waals surface area (Å²) in [7, 11) is 0. The molecule has 0 aromatic rings. The van der Waals surface area contributed by atoms with Crippen molar-refractivity contribution in [2.24, 2.45) is 5.73 Å². The highest BCUT2D eigenvalue weighted by Crippen LogP contribution is 1.87. The van der Waals surface area contributed by atoms with Crippen LogP contribution in [0.2, 0.25) is 0 Å². The third-order valence-electron chi connectivity index (χ3n) is 0.906. The zero-order valence-electron chi connectivity index (χ0n) is 6.25. The summed E-state index contributed by atoms with van der Waals surface area (Å²) in [5, 5.41) is 0. The molecule has 0 aliphatic rings. The van der Waals surface area contributed by atoms with E-state index in [0.717, 1.165) is 5.70 Å². The zero-order valence-corrected chi connectivity index (χ0v) is 6.25. The van der Waals surface area contributed by atoms with Gasteiger partial charge in [-0.05, 0) is 19.1 Å². The molecule has 0 radical (unpaired) electrons. The van der Waals surface area contributed by atoms with E-state index in [-0.39, 0.29) is 0 Å². The van der Waals surface area contributed by atoms with Crippen molar-refractivity contribution in [3.63, 3.8) is 0 Å². The van der Waals surface area contributed by atoms with Crippen molar-refractivity contribution in [1.82, 2.24) is 0 Å². The number of nitrogens with two attached hydrogens (primary N) is 1. The lowest BCUT2D eigenvalue weighted by molar-refractivity contribution is 1.42. The summed E-state index contributed by atoms with van der Waals surface area (Å²) in [6.45, 7) is 5.47. The van der Waals surface area contributed by atoms with Gasteiger partial charge in [0.1, 0.15) is 0 Å². The number of hydrogen-bond donors (Lipinski definition) is 1. The van der Waals surface area contributed by atoms with Gasteiger partial charge in [0.05, 0.1) is 0 Å². The molecule has 0 aliphatic carbocycles. The molecule has 0 aromatic heterocycles. The van der Waals surface area contributed by atoms with Gasteiger partial charge in [-0.15, -0.1) is 0 Å². The van der Waals surface area contributed by atoms with Gasteiger partial charge in [-0.25, -0.2) is 0 Å². The molecule has 0 heterocycles. The van der Waals surface area contributed by atoms with Gasteiger partial charge >= 0.3 is 0 Å². The molecule has 0 fully saturated rings. The van der Waals surface area contributed by atoms with Gasteiger partial charge < -0.3 is 5.73 Å². The molecule has 0 saturated heterocycles. The highest BCUT2D eigenvalue weighted by Gasteiger charge is 1.73. The lowest BCUT2D eigenvalue weighted by Crippen LogP contribution is -1.90. The van der Waals surface area contributed by atoms with E-state index in [1.807, 2.05) is 25.2 Å². The van der Waals surface area contributed by atoms with E-state index in [1.54, 1.807) is 18.2 Å². The van der Waals surface area contributed by atoms with Crippen molar-refractivity contribution in [3.8, 4) is 0 Å². The lowest BCUT2D eigenvalue weighted by Gasteiger charge is -1.85. The maximum atomic E-state index is 5.52. The van der Waals surface area contributed by atoms with Gasteiger partial charge in [0.25, 0.3) is 0 Å². The third kappa shape index (κ3) is 4.91. The highest BCUT2D eigenvalue weighted by atomic mass is 14.5. The summed E-state index contributed by atoms with van der Waals surface area (Å²) < 4.78 is 0. The molecule has 0 unspecified atom stereocenters. The second kappa shape index (κ2) is 5.89. The standard InChI is InChI=1S/C9H13N/c1-3-5-7-9(10)8-6-4-2/h3-8H,1,10H2,2H3. The fourth-order valence-electron chi connectivity index (χ4n) is 0.442. The Bertz CT molecular complexity index is 173. The average Bonchev–Trinajstić information content (AvgIpc) is 1.97. The molecule has 10 heavy (non-hydrogen) atoms. The average molecular weight is 135 g/mol. The molecule has 0 rings (SSSR count). The number of allylic oxidation sites excluding steroid dienone is 6. The number of hydrogen-bond acceptors (Lipinski definition) is 1. The molecule has 2 N–H and O–H groups in total. The maximum absolute atomic E-state index is 5.52. The van der Waals surface area contributed by atoms with E-state index in [4.69, 9.17) is 5.73 Å². The molecule has 0 aromatic carbocycles. The summed E-state index contributed by atoms with van der Waals surface area (Å²) in [5.74, 6) is 0. The van der Waals surface area contributed by atoms with Crippen LogP contribution < -0.4 is 5.73 Å². The minimum atomic E-state index is 0.734. The van der Waals surface area contributed by atoms with Crippen LogP contribution in [0.4, 0.5) is 0 Å². The second-order valence-electron chi connectivity index (χ2n) is 1.79. The van der Waals surface area contributed by atoms with Crippen LogP contribution in [0.1, 0.15) is 6.92 Å². The normalized spacial score (nSPS) is 13.1. The fourth-order valence-corrected chi connectivity index (χ4v) is 0.442. The van der Waals surface area contributed by atoms with Crippen molar-refractivity contribution in [1.29, 1.82) is 0 Å². The molecule has 0 saturated carbocycles. The van der Waals surface area contributed by atoms with Crippen molar-refractivity contribution in [3.05, 3.63) is 48.7 Å². The molecule has 1 nitrogen and oxygen atoms in total. The topological polar surface area (TPSA) is 26.0 Å². The molecule has 0 atom stereocenters. The molecule has 54 valence electrons. The first-order valence-corrected chi connectivity index (χ1v) is 3.18. The van der Waals surface area contributed by atoms with Crippen LogP contribution in [0.15, 0.2) is 48.7 Å². The van der Waals surface area contributed by atoms with E-state index >= 15 is 0 Å². The van der Waals surface area contributed by atoms with Crippen LogP contribution in [0.5, 0.6) is 0 Å². The smallest absolute Gasteiger partial charge is 0.0313 e. The van der Waals surface area contributed by atoms with Crippen LogP contribution in [0.3, 0.4) is 0 Å². The van der Waals surface area contributed by atoms with Crippen molar-refractivity contribution >= 4 is 0 Å².